The van der Waals surface area contributed by atoms with Crippen LogP contribution in [0.25, 0.3) is 10.9 Å². The van der Waals surface area contributed by atoms with Crippen molar-refractivity contribution in [2.45, 2.75) is 38.6 Å². The van der Waals surface area contributed by atoms with E-state index in [1.807, 2.05) is 0 Å². The Hall–Kier alpha value is -2.66. The maximum atomic E-state index is 14.4. The van der Waals surface area contributed by atoms with Crippen molar-refractivity contribution in [2.75, 3.05) is 0 Å². The van der Waals surface area contributed by atoms with Gasteiger partial charge in [-0.3, -0.25) is 9.59 Å². The Morgan fingerprint density at radius 2 is 2.07 bits per heavy atom. The van der Waals surface area contributed by atoms with Gasteiger partial charge in [-0.1, -0.05) is 23.7 Å². The number of carboxylic acids is 1. The van der Waals surface area contributed by atoms with Crippen molar-refractivity contribution >= 4 is 34.3 Å². The molecular formula is C22H19ClFNO3. The average Bonchev–Trinajstić information content (AvgIpc) is 3.21. The molecule has 2 aromatic carbocycles. The van der Waals surface area contributed by atoms with Crippen LogP contribution in [0.5, 0.6) is 0 Å². The highest BCUT2D eigenvalue weighted by atomic mass is 35.5. The van der Waals surface area contributed by atoms with Crippen LogP contribution in [0.4, 0.5) is 4.39 Å². The number of fused-ring (bicyclic) bond motifs is 3. The minimum Gasteiger partial charge on any atom is -0.481 e. The largest absolute Gasteiger partial charge is 0.481 e. The number of carbonyl (C=O) groups is 2. The number of aryl methyl sites for hydroxylation is 1. The van der Waals surface area contributed by atoms with Gasteiger partial charge in [-0.2, -0.15) is 0 Å². The van der Waals surface area contributed by atoms with E-state index >= 15 is 0 Å². The van der Waals surface area contributed by atoms with E-state index in [1.165, 1.54) is 6.07 Å². The predicted molar refractivity (Wildman–Crippen MR) is 106 cm³/mol. The third-order valence-corrected chi connectivity index (χ3v) is 5.57. The predicted octanol–water partition coefficient (Wildman–Crippen LogP) is 5.19. The molecule has 0 saturated carbocycles. The highest BCUT2D eigenvalue weighted by Crippen LogP contribution is 2.43. The Balaban J connectivity index is 2.00. The van der Waals surface area contributed by atoms with Crippen LogP contribution in [-0.4, -0.2) is 21.4 Å². The molecule has 1 atom stereocenters. The van der Waals surface area contributed by atoms with Gasteiger partial charge in [-0.25, -0.2) is 4.39 Å². The minimum absolute atomic E-state index is 0.102. The third-order valence-electron chi connectivity index (χ3n) is 5.32. The van der Waals surface area contributed by atoms with E-state index in [-0.39, 0.29) is 24.4 Å². The Kier molecular flexibility index (Phi) is 3.85. The molecule has 0 radical (unpaired) electrons. The molecule has 0 aliphatic heterocycles. The fourth-order valence-electron chi connectivity index (χ4n) is 4.25. The number of ketones is 1. The fourth-order valence-corrected chi connectivity index (χ4v) is 4.37. The van der Waals surface area contributed by atoms with Crippen LogP contribution in [0.15, 0.2) is 36.4 Å². The second-order valence-electron chi connectivity index (χ2n) is 7.09. The first-order valence-corrected chi connectivity index (χ1v) is 9.29. The SMILES string of the molecule is [2H]C([2H])([2H])C(=O)c1cc(F)cc2c3c(n(Cc4ccc(Cl)cc4)c12)[C@@H](CC(=O)O)CC3. The molecule has 4 nitrogen and oxygen atoms in total. The Morgan fingerprint density at radius 3 is 2.75 bits per heavy atom. The van der Waals surface area contributed by atoms with Crippen LogP contribution in [0.2, 0.25) is 5.02 Å². The lowest BCUT2D eigenvalue weighted by atomic mass is 10.0. The normalized spacial score (nSPS) is 17.8. The first-order valence-electron chi connectivity index (χ1n) is 10.4. The molecule has 1 aliphatic rings. The van der Waals surface area contributed by atoms with Gasteiger partial charge in [0.1, 0.15) is 5.82 Å². The molecule has 0 amide bonds. The van der Waals surface area contributed by atoms with Gasteiger partial charge in [-0.05, 0) is 55.1 Å². The molecule has 0 spiro atoms. The minimum atomic E-state index is -2.93. The molecule has 28 heavy (non-hydrogen) atoms. The Morgan fingerprint density at radius 1 is 1.32 bits per heavy atom. The number of nitrogens with zero attached hydrogens (tertiary/aromatic N) is 1. The number of benzene rings is 2. The van der Waals surface area contributed by atoms with E-state index in [9.17, 15) is 19.1 Å². The van der Waals surface area contributed by atoms with Gasteiger partial charge in [0.25, 0.3) is 0 Å². The van der Waals surface area contributed by atoms with Gasteiger partial charge < -0.3 is 9.67 Å². The highest BCUT2D eigenvalue weighted by molar-refractivity contribution is 6.30. The summed E-state index contributed by atoms with van der Waals surface area (Å²) in [7, 11) is 0. The highest BCUT2D eigenvalue weighted by Gasteiger charge is 2.32. The molecule has 0 bridgehead atoms. The fraction of sp³-hybridized carbons (Fsp3) is 0.273. The summed E-state index contributed by atoms with van der Waals surface area (Å²) in [6.07, 6.45) is 1.02. The number of halogens is 2. The van der Waals surface area contributed by atoms with E-state index in [0.29, 0.717) is 28.8 Å². The van der Waals surface area contributed by atoms with Gasteiger partial charge in [0.2, 0.25) is 0 Å². The van der Waals surface area contributed by atoms with E-state index in [4.69, 9.17) is 15.7 Å². The molecule has 4 rings (SSSR count). The summed E-state index contributed by atoms with van der Waals surface area (Å²) >= 11 is 5.98. The molecule has 144 valence electrons. The number of hydrogen-bond donors (Lipinski definition) is 1. The van der Waals surface area contributed by atoms with Gasteiger partial charge in [0, 0.05) is 38.2 Å². The van der Waals surface area contributed by atoms with Crippen molar-refractivity contribution < 1.29 is 23.2 Å². The van der Waals surface area contributed by atoms with Crippen molar-refractivity contribution in [3.63, 3.8) is 0 Å². The van der Waals surface area contributed by atoms with E-state index in [1.54, 1.807) is 28.8 Å². The molecule has 1 aliphatic carbocycles. The van der Waals surface area contributed by atoms with Crippen LogP contribution in [-0.2, 0) is 17.8 Å². The van der Waals surface area contributed by atoms with E-state index in [2.05, 4.69) is 0 Å². The smallest absolute Gasteiger partial charge is 0.304 e. The van der Waals surface area contributed by atoms with Crippen molar-refractivity contribution in [2.24, 2.45) is 0 Å². The average molecular weight is 403 g/mol. The number of carbonyl (C=O) groups excluding carboxylic acids is 1. The van der Waals surface area contributed by atoms with Gasteiger partial charge in [0.15, 0.2) is 5.78 Å². The van der Waals surface area contributed by atoms with Crippen molar-refractivity contribution in [1.82, 2.24) is 4.57 Å². The van der Waals surface area contributed by atoms with Gasteiger partial charge in [-0.15, -0.1) is 0 Å². The third kappa shape index (κ3) is 3.20. The zero-order chi connectivity index (χ0) is 22.5. The molecule has 0 saturated heterocycles. The maximum absolute atomic E-state index is 14.4. The number of hydrogen-bond acceptors (Lipinski definition) is 2. The van der Waals surface area contributed by atoms with Crippen molar-refractivity contribution in [1.29, 1.82) is 0 Å². The van der Waals surface area contributed by atoms with Crippen LogP contribution < -0.4 is 0 Å². The monoisotopic (exact) mass is 402 g/mol. The maximum Gasteiger partial charge on any atom is 0.304 e. The summed E-state index contributed by atoms with van der Waals surface area (Å²) in [5, 5.41) is 10.4. The number of Topliss-reactive ketones (excluding diaryl/α,β-unsaturated/α-hetero) is 1. The zero-order valence-electron chi connectivity index (χ0n) is 17.8. The summed E-state index contributed by atoms with van der Waals surface area (Å²) in [4.78, 5) is 24.1. The van der Waals surface area contributed by atoms with Crippen LogP contribution in [0.1, 0.15) is 56.9 Å². The lowest BCUT2D eigenvalue weighted by Gasteiger charge is -2.17. The van der Waals surface area contributed by atoms with Crippen LogP contribution in [0.3, 0.4) is 0 Å². The standard InChI is InChI=1S/C22H19ClFNO3/c1-12(26)18-9-16(24)10-19-17-7-4-14(8-20(27)28)21(17)25(22(18)19)11-13-2-5-15(23)6-3-13/h2-3,5-6,9-10,14H,4,7-8,11H2,1H3,(H,27,28)/t14-/m1/s1/i1D3. The lowest BCUT2D eigenvalue weighted by molar-refractivity contribution is -0.137. The molecule has 0 fully saturated rings. The molecule has 1 aromatic heterocycles. The summed E-state index contributed by atoms with van der Waals surface area (Å²) in [6.45, 7) is -2.66. The number of carboxylic acid groups (broad SMARTS) is 1. The lowest BCUT2D eigenvalue weighted by Crippen LogP contribution is -2.12. The van der Waals surface area contributed by atoms with Crippen molar-refractivity contribution in [3.05, 3.63) is 69.6 Å². The quantitative estimate of drug-likeness (QED) is 0.597. The van der Waals surface area contributed by atoms with Crippen LogP contribution >= 0.6 is 11.6 Å². The summed E-state index contributed by atoms with van der Waals surface area (Å²) in [5.41, 5.74) is 2.44. The van der Waals surface area contributed by atoms with Crippen LogP contribution in [0, 0.1) is 5.82 Å². The molecular weight excluding hydrogens is 381 g/mol. The Bertz CT molecular complexity index is 1200. The van der Waals surface area contributed by atoms with Gasteiger partial charge in [0.05, 0.1) is 11.9 Å². The first kappa shape index (κ1) is 15.3. The molecule has 0 unspecified atom stereocenters. The summed E-state index contributed by atoms with van der Waals surface area (Å²) < 4.78 is 38.9. The summed E-state index contributed by atoms with van der Waals surface area (Å²) in [6, 6.07) is 9.28. The number of rotatable bonds is 5. The molecule has 1 N–H and O–H groups in total. The summed E-state index contributed by atoms with van der Waals surface area (Å²) in [5.74, 6) is -3.11. The van der Waals surface area contributed by atoms with Crippen molar-refractivity contribution in [3.8, 4) is 0 Å². The molecule has 3 aromatic rings. The van der Waals surface area contributed by atoms with Gasteiger partial charge >= 0.3 is 5.97 Å². The van der Waals surface area contributed by atoms with E-state index in [0.717, 1.165) is 22.9 Å². The number of aromatic nitrogens is 1. The van der Waals surface area contributed by atoms with E-state index < -0.39 is 24.4 Å². The second-order valence-corrected chi connectivity index (χ2v) is 7.52. The first-order chi connectivity index (χ1) is 14.6. The second kappa shape index (κ2) is 7.06. The Labute approximate surface area is 170 Å². The molecule has 6 heteroatoms. The zero-order valence-corrected chi connectivity index (χ0v) is 15.6. The topological polar surface area (TPSA) is 59.3 Å². The molecule has 1 heterocycles. The number of aliphatic carboxylic acids is 1.